The number of fused-ring (bicyclic) bond motifs is 2. The molecule has 3 atom stereocenters. The van der Waals surface area contributed by atoms with Gasteiger partial charge in [-0.2, -0.15) is 8.42 Å². The molecule has 1 fully saturated rings. The van der Waals surface area contributed by atoms with E-state index in [-0.39, 0.29) is 24.9 Å². The number of aromatic nitrogens is 2. The third kappa shape index (κ3) is 3.93. The molecule has 1 aliphatic heterocycles. The molecule has 1 saturated heterocycles. The van der Waals surface area contributed by atoms with Crippen LogP contribution in [0.15, 0.2) is 36.0 Å². The van der Waals surface area contributed by atoms with Gasteiger partial charge in [-0.15, -0.1) is 11.3 Å². The van der Waals surface area contributed by atoms with Crippen LogP contribution >= 0.6 is 11.3 Å². The van der Waals surface area contributed by atoms with Crippen molar-refractivity contribution in [1.29, 1.82) is 0 Å². The van der Waals surface area contributed by atoms with E-state index in [1.807, 2.05) is 0 Å². The Bertz CT molecular complexity index is 1180. The summed E-state index contributed by atoms with van der Waals surface area (Å²) in [4.78, 5) is 9.01. The van der Waals surface area contributed by atoms with E-state index in [9.17, 15) is 8.42 Å². The summed E-state index contributed by atoms with van der Waals surface area (Å²) in [6.45, 7) is -0.0692. The first-order chi connectivity index (χ1) is 14.5. The van der Waals surface area contributed by atoms with Crippen LogP contribution in [0.5, 0.6) is 0 Å². The monoisotopic (exact) mass is 446 g/mol. The van der Waals surface area contributed by atoms with Crippen molar-refractivity contribution in [3.8, 4) is 0 Å². The van der Waals surface area contributed by atoms with E-state index in [1.54, 1.807) is 17.7 Å². The highest BCUT2D eigenvalue weighted by Crippen LogP contribution is 2.41. The van der Waals surface area contributed by atoms with Crippen molar-refractivity contribution in [3.63, 3.8) is 0 Å². The number of rotatable bonds is 6. The Balaban J connectivity index is 1.35. The second kappa shape index (κ2) is 7.86. The van der Waals surface area contributed by atoms with Gasteiger partial charge in [0, 0.05) is 5.56 Å². The van der Waals surface area contributed by atoms with Gasteiger partial charge in [0.15, 0.2) is 0 Å². The normalized spacial score (nSPS) is 23.7. The molecule has 0 spiro atoms. The Morgan fingerprint density at radius 1 is 1.20 bits per heavy atom. The second-order valence-electron chi connectivity index (χ2n) is 7.63. The van der Waals surface area contributed by atoms with Gasteiger partial charge in [-0.05, 0) is 42.2 Å². The van der Waals surface area contributed by atoms with Crippen molar-refractivity contribution >= 4 is 37.7 Å². The minimum atomic E-state index is -3.96. The fourth-order valence-electron chi connectivity index (χ4n) is 4.30. The fraction of sp³-hybridized carbons (Fsp3) is 0.400. The predicted octanol–water partition coefficient (Wildman–Crippen LogP) is 3.23. The summed E-state index contributed by atoms with van der Waals surface area (Å²) in [6.07, 6.45) is 4.70. The zero-order valence-electron chi connectivity index (χ0n) is 16.2. The highest BCUT2D eigenvalue weighted by molar-refractivity contribution is 7.84. The molecule has 2 aromatic heterocycles. The molecule has 3 N–H and O–H groups in total. The number of ether oxygens (including phenoxy) is 1. The van der Waals surface area contributed by atoms with Gasteiger partial charge in [-0.1, -0.05) is 24.3 Å². The number of hydrogen-bond donors (Lipinski definition) is 2. The lowest BCUT2D eigenvalue weighted by molar-refractivity contribution is 0.0193. The third-order valence-corrected chi connectivity index (χ3v) is 7.16. The van der Waals surface area contributed by atoms with Crippen LogP contribution in [0.1, 0.15) is 48.1 Å². The van der Waals surface area contributed by atoms with Crippen LogP contribution < -0.4 is 10.5 Å². The molecule has 158 valence electrons. The Kier molecular flexibility index (Phi) is 5.19. The van der Waals surface area contributed by atoms with Crippen LogP contribution in [0.25, 0.3) is 10.2 Å². The molecule has 1 aliphatic carbocycles. The van der Waals surface area contributed by atoms with Gasteiger partial charge in [0.05, 0.1) is 35.1 Å². The van der Waals surface area contributed by atoms with Crippen LogP contribution in [0.3, 0.4) is 0 Å². The summed E-state index contributed by atoms with van der Waals surface area (Å²) in [5, 5.41) is 10.6. The quantitative estimate of drug-likeness (QED) is 0.597. The molecule has 8 nitrogen and oxygen atoms in total. The number of anilines is 1. The summed E-state index contributed by atoms with van der Waals surface area (Å²) in [5.74, 6) is 0.838. The Labute approximate surface area is 178 Å². The number of nitrogens with zero attached hydrogens (tertiary/aromatic N) is 2. The lowest BCUT2D eigenvalue weighted by Crippen LogP contribution is -2.23. The molecule has 10 heteroatoms. The molecule has 0 saturated carbocycles. The second-order valence-corrected chi connectivity index (χ2v) is 9.73. The Morgan fingerprint density at radius 2 is 2.07 bits per heavy atom. The minimum absolute atomic E-state index is 0.0692. The molecule has 30 heavy (non-hydrogen) atoms. The number of benzene rings is 1. The largest absolute Gasteiger partial charge is 0.368 e. The molecule has 0 radical (unpaired) electrons. The molecule has 2 aliphatic rings. The van der Waals surface area contributed by atoms with E-state index in [4.69, 9.17) is 9.88 Å². The van der Waals surface area contributed by atoms with E-state index in [0.29, 0.717) is 6.42 Å². The first-order valence-electron chi connectivity index (χ1n) is 9.87. The SMILES string of the molecule is NS(=O)(=O)OC[C@@H]1CC[C@H](c2csc3c(N[C@H]4CCc5ccccc54)ncnc23)O1. The lowest BCUT2D eigenvalue weighted by atomic mass is 10.1. The molecule has 0 amide bonds. The van der Waals surface area contributed by atoms with Gasteiger partial charge in [0.25, 0.3) is 0 Å². The van der Waals surface area contributed by atoms with E-state index in [2.05, 4.69) is 49.1 Å². The van der Waals surface area contributed by atoms with Crippen molar-refractivity contribution in [3.05, 3.63) is 52.7 Å². The predicted molar refractivity (Wildman–Crippen MR) is 114 cm³/mol. The Morgan fingerprint density at radius 3 is 2.93 bits per heavy atom. The minimum Gasteiger partial charge on any atom is -0.368 e. The first-order valence-corrected chi connectivity index (χ1v) is 12.2. The average molecular weight is 447 g/mol. The molecule has 3 heterocycles. The molecule has 3 aromatic rings. The average Bonchev–Trinajstić information content (AvgIpc) is 3.44. The molecular formula is C20H22N4O4S2. The summed E-state index contributed by atoms with van der Waals surface area (Å²) < 4.78 is 33.7. The number of hydrogen-bond acceptors (Lipinski definition) is 8. The molecule has 1 aromatic carbocycles. The standard InChI is InChI=1S/C20H22N4O4S2/c21-30(25,26)27-9-13-6-8-17(28-13)15-10-29-19-18(15)22-11-23-20(19)24-16-7-5-12-3-1-2-4-14(12)16/h1-4,10-11,13,16-17H,5-9H2,(H2,21,25,26)(H,22,23,24)/t13-,16-,17+/m0/s1. The maximum Gasteiger partial charge on any atom is 0.333 e. The van der Waals surface area contributed by atoms with Gasteiger partial charge in [-0.25, -0.2) is 15.1 Å². The maximum atomic E-state index is 11.0. The zero-order chi connectivity index (χ0) is 20.7. The topological polar surface area (TPSA) is 116 Å². The van der Waals surface area contributed by atoms with Gasteiger partial charge < -0.3 is 10.1 Å². The van der Waals surface area contributed by atoms with Gasteiger partial charge in [-0.3, -0.25) is 4.18 Å². The summed E-state index contributed by atoms with van der Waals surface area (Å²) in [7, 11) is -3.96. The van der Waals surface area contributed by atoms with Gasteiger partial charge >= 0.3 is 10.3 Å². The van der Waals surface area contributed by atoms with E-state index >= 15 is 0 Å². The van der Waals surface area contributed by atoms with Crippen molar-refractivity contribution in [2.45, 2.75) is 43.9 Å². The summed E-state index contributed by atoms with van der Waals surface area (Å²) >= 11 is 1.60. The lowest BCUT2D eigenvalue weighted by Gasteiger charge is -2.15. The maximum absolute atomic E-state index is 11.0. The number of aryl methyl sites for hydroxylation is 1. The van der Waals surface area contributed by atoms with Crippen molar-refractivity contribution in [1.82, 2.24) is 9.97 Å². The molecule has 5 rings (SSSR count). The van der Waals surface area contributed by atoms with Crippen LogP contribution in [0.4, 0.5) is 5.82 Å². The third-order valence-electron chi connectivity index (χ3n) is 5.70. The van der Waals surface area contributed by atoms with Crippen molar-refractivity contribution < 1.29 is 17.3 Å². The van der Waals surface area contributed by atoms with E-state index in [1.165, 1.54) is 11.1 Å². The van der Waals surface area contributed by atoms with Crippen LogP contribution in [-0.4, -0.2) is 31.1 Å². The number of nitrogens with two attached hydrogens (primary N) is 1. The molecule has 0 unspecified atom stereocenters. The van der Waals surface area contributed by atoms with Crippen LogP contribution in [0.2, 0.25) is 0 Å². The Hall–Kier alpha value is -2.11. The number of nitrogens with one attached hydrogen (secondary N) is 1. The summed E-state index contributed by atoms with van der Waals surface area (Å²) in [5.41, 5.74) is 4.60. The molecular weight excluding hydrogens is 424 g/mol. The smallest absolute Gasteiger partial charge is 0.333 e. The van der Waals surface area contributed by atoms with E-state index in [0.717, 1.165) is 40.9 Å². The highest BCUT2D eigenvalue weighted by atomic mass is 32.2. The van der Waals surface area contributed by atoms with Crippen LogP contribution in [-0.2, 0) is 25.6 Å². The zero-order valence-corrected chi connectivity index (χ0v) is 17.8. The van der Waals surface area contributed by atoms with Crippen molar-refractivity contribution in [2.24, 2.45) is 5.14 Å². The highest BCUT2D eigenvalue weighted by Gasteiger charge is 2.31. The van der Waals surface area contributed by atoms with Crippen molar-refractivity contribution in [2.75, 3.05) is 11.9 Å². The van der Waals surface area contributed by atoms with Gasteiger partial charge in [0.1, 0.15) is 12.1 Å². The fourth-order valence-corrected chi connectivity index (χ4v) is 5.66. The van der Waals surface area contributed by atoms with Gasteiger partial charge in [0.2, 0.25) is 0 Å². The molecule has 0 bridgehead atoms. The number of thiophene rings is 1. The first kappa shape index (κ1) is 19.8. The van der Waals surface area contributed by atoms with E-state index < -0.39 is 10.3 Å². The van der Waals surface area contributed by atoms with Crippen LogP contribution in [0, 0.1) is 0 Å². The summed E-state index contributed by atoms with van der Waals surface area (Å²) in [6, 6.07) is 8.76.